The van der Waals surface area contributed by atoms with E-state index in [0.29, 0.717) is 66.9 Å². The molecule has 4 rings (SSSR count). The van der Waals surface area contributed by atoms with Crippen LogP contribution >= 0.6 is 22.9 Å². The minimum absolute atomic E-state index is 0.154. The Labute approximate surface area is 263 Å². The van der Waals surface area contributed by atoms with Crippen LogP contribution in [0.15, 0.2) is 66.7 Å². The first kappa shape index (κ1) is 32.2. The summed E-state index contributed by atoms with van der Waals surface area (Å²) in [6, 6.07) is 20.3. The van der Waals surface area contributed by atoms with Gasteiger partial charge in [0.25, 0.3) is 0 Å². The van der Waals surface area contributed by atoms with Crippen molar-refractivity contribution in [1.82, 2.24) is 4.98 Å². The van der Waals surface area contributed by atoms with Crippen LogP contribution < -0.4 is 9.47 Å². The quantitative estimate of drug-likeness (QED) is 0.0900. The molecule has 0 aliphatic heterocycles. The minimum atomic E-state index is -0.646. The van der Waals surface area contributed by atoms with E-state index in [9.17, 15) is 19.6 Å². The average molecular weight is 633 g/mol. The molecule has 44 heavy (non-hydrogen) atoms. The number of ketones is 1. The van der Waals surface area contributed by atoms with Crippen molar-refractivity contribution in [2.75, 3.05) is 26.4 Å². The number of esters is 2. The van der Waals surface area contributed by atoms with Gasteiger partial charge in [-0.05, 0) is 79.6 Å². The van der Waals surface area contributed by atoms with Crippen LogP contribution in [0.25, 0.3) is 10.6 Å². The summed E-state index contributed by atoms with van der Waals surface area (Å²) in [5.74, 6) is -0.203. The third kappa shape index (κ3) is 8.66. The highest BCUT2D eigenvalue weighted by Gasteiger charge is 2.19. The fraction of sp³-hybridized carbons (Fsp3) is 0.242. The maximum absolute atomic E-state index is 12.7. The topological polar surface area (TPSA) is 125 Å². The monoisotopic (exact) mass is 632 g/mol. The van der Waals surface area contributed by atoms with Gasteiger partial charge in [0.2, 0.25) is 0 Å². The summed E-state index contributed by atoms with van der Waals surface area (Å²) >= 11 is 7.02. The predicted octanol–water partition coefficient (Wildman–Crippen LogP) is 6.69. The molecule has 9 nitrogen and oxygen atoms in total. The van der Waals surface area contributed by atoms with Gasteiger partial charge < -0.3 is 18.9 Å². The van der Waals surface area contributed by atoms with Gasteiger partial charge in [-0.3, -0.25) is 4.79 Å². The van der Waals surface area contributed by atoms with Crippen LogP contribution in [0.3, 0.4) is 0 Å². The number of halogens is 1. The molecule has 0 atom stereocenters. The maximum Gasteiger partial charge on any atom is 0.350 e. The molecule has 4 aromatic rings. The summed E-state index contributed by atoms with van der Waals surface area (Å²) in [6.07, 6.45) is 0. The Bertz CT molecular complexity index is 1680. The second-order valence-electron chi connectivity index (χ2n) is 9.97. The molecule has 1 aromatic heterocycles. The Morgan fingerprint density at radius 2 is 1.59 bits per heavy atom. The van der Waals surface area contributed by atoms with E-state index in [-0.39, 0.29) is 25.6 Å². The van der Waals surface area contributed by atoms with E-state index >= 15 is 0 Å². The molecule has 1 heterocycles. The lowest BCUT2D eigenvalue weighted by Crippen LogP contribution is -2.18. The number of aromatic nitrogens is 1. The van der Waals surface area contributed by atoms with Crippen molar-refractivity contribution >= 4 is 40.7 Å². The van der Waals surface area contributed by atoms with Gasteiger partial charge in [0.1, 0.15) is 40.7 Å². The highest BCUT2D eigenvalue weighted by Crippen LogP contribution is 2.32. The molecule has 0 radical (unpaired) electrons. The Hall–Kier alpha value is -4.72. The molecule has 3 aromatic carbocycles. The van der Waals surface area contributed by atoms with Crippen molar-refractivity contribution in [2.24, 2.45) is 5.92 Å². The summed E-state index contributed by atoms with van der Waals surface area (Å²) in [7, 11) is 0. The molecule has 226 valence electrons. The molecule has 0 amide bonds. The molecule has 0 aliphatic carbocycles. The second kappa shape index (κ2) is 15.1. The molecule has 0 fully saturated rings. The highest BCUT2D eigenvalue weighted by molar-refractivity contribution is 7.17. The zero-order chi connectivity index (χ0) is 31.6. The average Bonchev–Trinajstić information content (AvgIpc) is 3.42. The van der Waals surface area contributed by atoms with E-state index in [0.717, 1.165) is 11.3 Å². The van der Waals surface area contributed by atoms with E-state index in [4.69, 9.17) is 30.5 Å². The van der Waals surface area contributed by atoms with Gasteiger partial charge in [0, 0.05) is 21.7 Å². The van der Waals surface area contributed by atoms with Crippen molar-refractivity contribution in [3.05, 3.63) is 99.0 Å². The number of rotatable bonds is 13. The first-order valence-electron chi connectivity index (χ1n) is 13.6. The largest absolute Gasteiger partial charge is 0.492 e. The number of hydrogen-bond donors (Lipinski definition) is 0. The van der Waals surface area contributed by atoms with Crippen LogP contribution in [0.1, 0.15) is 50.7 Å². The third-order valence-electron chi connectivity index (χ3n) is 6.06. The van der Waals surface area contributed by atoms with Gasteiger partial charge in [-0.2, -0.15) is 5.26 Å². The lowest BCUT2D eigenvalue weighted by Gasteiger charge is -2.10. The molecule has 0 saturated heterocycles. The zero-order valence-electron chi connectivity index (χ0n) is 24.3. The number of carbonyl (C=O) groups is 3. The molecule has 0 unspecified atom stereocenters. The Balaban J connectivity index is 1.22. The standard InChI is InChI=1S/C33H29ClN2O7S/c1-20(2)18-43-28-13-8-24(16-25(28)17-35)32-36-21(3)31(44-32)33(39)41-15-14-40-29(37)19-42-27-11-6-23(7-12-27)30(38)22-4-9-26(34)10-5-22/h4-13,16,20H,14-15,18-19H2,1-3H3. The van der Waals surface area contributed by atoms with E-state index in [1.165, 1.54) is 0 Å². The molecule has 0 aliphatic rings. The second-order valence-corrected chi connectivity index (χ2v) is 11.4. The van der Waals surface area contributed by atoms with Crippen LogP contribution in [-0.2, 0) is 14.3 Å². The van der Waals surface area contributed by atoms with E-state index in [1.807, 2.05) is 13.8 Å². The summed E-state index contributed by atoms with van der Waals surface area (Å²) in [5, 5.41) is 10.7. The van der Waals surface area contributed by atoms with Crippen molar-refractivity contribution < 1.29 is 33.3 Å². The molecule has 0 bridgehead atoms. The smallest absolute Gasteiger partial charge is 0.350 e. The normalized spacial score (nSPS) is 10.6. The molecule has 0 saturated carbocycles. The summed E-state index contributed by atoms with van der Waals surface area (Å²) < 4.78 is 21.5. The summed E-state index contributed by atoms with van der Waals surface area (Å²) in [6.45, 7) is 5.56. The SMILES string of the molecule is Cc1nc(-c2ccc(OCC(C)C)c(C#N)c2)sc1C(=O)OCCOC(=O)COc1ccc(C(=O)c2ccc(Cl)cc2)cc1. The van der Waals surface area contributed by atoms with Crippen molar-refractivity contribution in [2.45, 2.75) is 20.8 Å². The molecular formula is C33H29ClN2O7S. The number of carbonyl (C=O) groups excluding carboxylic acids is 3. The van der Waals surface area contributed by atoms with Gasteiger partial charge in [0.15, 0.2) is 12.4 Å². The Morgan fingerprint density at radius 3 is 2.25 bits per heavy atom. The molecule has 0 spiro atoms. The number of benzene rings is 3. The fourth-order valence-electron chi connectivity index (χ4n) is 3.85. The maximum atomic E-state index is 12.7. The molecule has 0 N–H and O–H groups in total. The van der Waals surface area contributed by atoms with Crippen LogP contribution in [-0.4, -0.2) is 49.1 Å². The van der Waals surface area contributed by atoms with Crippen molar-refractivity contribution in [1.29, 1.82) is 5.26 Å². The molecular weight excluding hydrogens is 604 g/mol. The lowest BCUT2D eigenvalue weighted by atomic mass is 10.0. The Morgan fingerprint density at radius 1 is 0.932 bits per heavy atom. The highest BCUT2D eigenvalue weighted by atomic mass is 35.5. The van der Waals surface area contributed by atoms with Gasteiger partial charge in [-0.25, -0.2) is 14.6 Å². The summed E-state index contributed by atoms with van der Waals surface area (Å²) in [4.78, 5) is 42.1. The molecule has 11 heteroatoms. The number of thiazole rings is 1. The van der Waals surface area contributed by atoms with E-state index in [2.05, 4.69) is 11.1 Å². The van der Waals surface area contributed by atoms with Crippen LogP contribution in [0.4, 0.5) is 0 Å². The van der Waals surface area contributed by atoms with E-state index in [1.54, 1.807) is 73.7 Å². The zero-order valence-corrected chi connectivity index (χ0v) is 25.9. The van der Waals surface area contributed by atoms with Crippen LogP contribution in [0.2, 0.25) is 5.02 Å². The first-order valence-corrected chi connectivity index (χ1v) is 14.8. The van der Waals surface area contributed by atoms with Crippen molar-refractivity contribution in [3.8, 4) is 28.1 Å². The predicted molar refractivity (Wildman–Crippen MR) is 165 cm³/mol. The lowest BCUT2D eigenvalue weighted by molar-refractivity contribution is -0.147. The number of nitrogens with zero attached hydrogens (tertiary/aromatic N) is 2. The van der Waals surface area contributed by atoms with Crippen LogP contribution in [0, 0.1) is 24.2 Å². The van der Waals surface area contributed by atoms with Crippen LogP contribution in [0.5, 0.6) is 11.5 Å². The van der Waals surface area contributed by atoms with Gasteiger partial charge in [0.05, 0.1) is 17.9 Å². The number of ether oxygens (including phenoxy) is 4. The number of nitriles is 1. The van der Waals surface area contributed by atoms with Gasteiger partial charge >= 0.3 is 11.9 Å². The number of hydrogen-bond acceptors (Lipinski definition) is 10. The minimum Gasteiger partial charge on any atom is -0.492 e. The first-order chi connectivity index (χ1) is 21.1. The van der Waals surface area contributed by atoms with E-state index < -0.39 is 11.9 Å². The van der Waals surface area contributed by atoms with Crippen molar-refractivity contribution in [3.63, 3.8) is 0 Å². The van der Waals surface area contributed by atoms with Gasteiger partial charge in [-0.1, -0.05) is 25.4 Å². The third-order valence-corrected chi connectivity index (χ3v) is 7.50. The summed E-state index contributed by atoms with van der Waals surface area (Å²) in [5.41, 5.74) is 2.52. The fourth-order valence-corrected chi connectivity index (χ4v) is 4.93. The number of aryl methyl sites for hydroxylation is 1. The Kier molecular flexibility index (Phi) is 11.1. The van der Waals surface area contributed by atoms with Gasteiger partial charge in [-0.15, -0.1) is 11.3 Å².